The molecule has 6 rings (SSSR count). The van der Waals surface area contributed by atoms with Gasteiger partial charge in [-0.15, -0.1) is 0 Å². The summed E-state index contributed by atoms with van der Waals surface area (Å²) in [4.78, 5) is 53.0. The summed E-state index contributed by atoms with van der Waals surface area (Å²) in [5, 5.41) is 3.80. The van der Waals surface area contributed by atoms with Crippen molar-refractivity contribution in [2.75, 3.05) is 6.61 Å². The van der Waals surface area contributed by atoms with Crippen LogP contribution in [0.2, 0.25) is 0 Å². The lowest BCUT2D eigenvalue weighted by Crippen LogP contribution is -2.50. The molecule has 14 heteroatoms. The summed E-state index contributed by atoms with van der Waals surface area (Å²) in [6.07, 6.45) is 9.24. The molecule has 12 nitrogen and oxygen atoms in total. The molecule has 4 fully saturated rings. The Hall–Kier alpha value is -2.11. The number of aromatic nitrogens is 2. The highest BCUT2D eigenvalue weighted by atomic mass is 32.5. The van der Waals surface area contributed by atoms with Crippen molar-refractivity contribution in [1.29, 1.82) is 0 Å². The molecule has 10 atom stereocenters. The maximum atomic E-state index is 12.7. The van der Waals surface area contributed by atoms with Crippen LogP contribution in [0.1, 0.15) is 83.4 Å². The second kappa shape index (κ2) is 11.4. The predicted molar refractivity (Wildman–Crippen MR) is 162 cm³/mol. The van der Waals surface area contributed by atoms with Gasteiger partial charge in [-0.1, -0.05) is 30.6 Å². The van der Waals surface area contributed by atoms with Gasteiger partial charge in [0.2, 0.25) is 0 Å². The Morgan fingerprint density at radius 1 is 1.23 bits per heavy atom. The Morgan fingerprint density at radius 2 is 1.98 bits per heavy atom. The van der Waals surface area contributed by atoms with E-state index in [4.69, 9.17) is 31.1 Å². The lowest BCUT2D eigenvalue weighted by molar-refractivity contribution is -0.131. The lowest BCUT2D eigenvalue weighted by Gasteiger charge is -2.57. The minimum Gasteiger partial charge on any atom is -0.352 e. The summed E-state index contributed by atoms with van der Waals surface area (Å²) in [6, 6.07) is -0.674. The molecule has 1 unspecified atom stereocenters. The summed E-state index contributed by atoms with van der Waals surface area (Å²) in [5.41, 5.74) is 9.56. The number of hydrogen-bond donors (Lipinski definition) is 2. The Balaban J connectivity index is 1.09. The zero-order chi connectivity index (χ0) is 30.7. The largest absolute Gasteiger partial charge is 0.352 e. The quantitative estimate of drug-likeness (QED) is 0.140. The highest BCUT2D eigenvalue weighted by Gasteiger charge is 2.58. The van der Waals surface area contributed by atoms with Crippen molar-refractivity contribution in [2.45, 2.75) is 103 Å². The molecule has 4 aliphatic carbocycles. The number of nitrogens with one attached hydrogen (secondary N) is 1. The third-order valence-corrected chi connectivity index (χ3v) is 12.9. The molecular formula is C29H40N5O7PS. The third kappa shape index (κ3) is 5.52. The number of ether oxygens (including phenoxy) is 1. The molecule has 5 aliphatic rings. The van der Waals surface area contributed by atoms with Crippen LogP contribution >= 0.6 is 6.72 Å². The predicted octanol–water partition coefficient (Wildman–Crippen LogP) is 4.96. The number of carbonyl (C=O) groups excluding carboxylic acids is 1. The minimum absolute atomic E-state index is 0.0575. The normalized spacial score (nSPS) is 40.0. The number of carbonyl (C=O) groups is 1. The fourth-order valence-electron chi connectivity index (χ4n) is 8.90. The number of fused-ring (bicyclic) bond motifs is 5. The number of hydrogen-bond acceptors (Lipinski definition) is 8. The molecule has 3 saturated carbocycles. The number of aromatic amines is 1. The van der Waals surface area contributed by atoms with Crippen molar-refractivity contribution in [2.24, 2.45) is 33.7 Å². The molecule has 0 aromatic carbocycles. The van der Waals surface area contributed by atoms with Crippen LogP contribution in [0.15, 0.2) is 32.5 Å². The van der Waals surface area contributed by atoms with Crippen LogP contribution < -0.4 is 11.2 Å². The molecular weight excluding hydrogens is 593 g/mol. The van der Waals surface area contributed by atoms with E-state index in [1.165, 1.54) is 16.3 Å². The first-order valence-corrected chi connectivity index (χ1v) is 17.8. The fourth-order valence-corrected chi connectivity index (χ4v) is 10.4. The molecule has 1 aromatic rings. The van der Waals surface area contributed by atoms with Gasteiger partial charge in [-0.3, -0.25) is 19.1 Å². The first-order valence-electron chi connectivity index (χ1n) is 15.2. The standard InChI is InChI=1S/C29H40N5O7PS/c1-16-14-34(27(37)31-26(16)36)25-13-22(32-33-30)23(40-25)15-39-42(38,43)41-18-8-10-28(2)17(12-18)4-5-19-20-6-7-24(35)29(20,3)11-9-21(19)28/h4,14,18-23,25H,5-13,15H2,1-3H3,(H,38,43)(H,31,36,37)/t18-,19-,20-,21-,22-,23+,25+,28-,29-,42?/m0/s1. The molecule has 1 aliphatic heterocycles. The second-order valence-corrected chi connectivity index (χ2v) is 16.3. The molecule has 234 valence electrons. The van der Waals surface area contributed by atoms with Gasteiger partial charge in [0.15, 0.2) is 0 Å². The number of ketones is 1. The van der Waals surface area contributed by atoms with Gasteiger partial charge < -0.3 is 18.7 Å². The minimum atomic E-state index is -3.67. The van der Waals surface area contributed by atoms with Crippen molar-refractivity contribution in [3.8, 4) is 0 Å². The van der Waals surface area contributed by atoms with Crippen molar-refractivity contribution in [3.63, 3.8) is 0 Å². The number of azide groups is 1. The van der Waals surface area contributed by atoms with Gasteiger partial charge in [-0.05, 0) is 92.4 Å². The van der Waals surface area contributed by atoms with Crippen LogP contribution in [-0.2, 0) is 30.4 Å². The number of aryl methyl sites for hydroxylation is 1. The van der Waals surface area contributed by atoms with Gasteiger partial charge in [0.1, 0.15) is 12.0 Å². The number of nitrogens with zero attached hydrogens (tertiary/aromatic N) is 4. The van der Waals surface area contributed by atoms with E-state index < -0.39 is 36.3 Å². The summed E-state index contributed by atoms with van der Waals surface area (Å²) < 4.78 is 19.0. The fraction of sp³-hybridized carbons (Fsp3) is 0.759. The van der Waals surface area contributed by atoms with E-state index >= 15 is 0 Å². The molecule has 0 spiro atoms. The van der Waals surface area contributed by atoms with Crippen molar-refractivity contribution < 1.29 is 23.5 Å². The number of H-pyrrole nitrogens is 1. The monoisotopic (exact) mass is 633 g/mol. The Kier molecular flexibility index (Phi) is 8.16. The lowest BCUT2D eigenvalue weighted by atomic mass is 9.48. The molecule has 2 N–H and O–H groups in total. The van der Waals surface area contributed by atoms with Crippen LogP contribution in [0, 0.1) is 35.5 Å². The smallest absolute Gasteiger partial charge is 0.330 e. The zero-order valence-electron chi connectivity index (χ0n) is 24.8. The molecule has 2 heterocycles. The molecule has 0 amide bonds. The number of allylic oxidation sites excluding steroid dienone is 1. The van der Waals surface area contributed by atoms with Crippen LogP contribution in [0.25, 0.3) is 10.4 Å². The summed E-state index contributed by atoms with van der Waals surface area (Å²) in [7, 11) is 0. The van der Waals surface area contributed by atoms with Crippen LogP contribution in [0.4, 0.5) is 0 Å². The van der Waals surface area contributed by atoms with Crippen molar-refractivity contribution >= 4 is 24.3 Å². The first-order chi connectivity index (χ1) is 20.3. The molecule has 0 radical (unpaired) electrons. The molecule has 43 heavy (non-hydrogen) atoms. The summed E-state index contributed by atoms with van der Waals surface area (Å²) >= 11 is 5.40. The second-order valence-electron chi connectivity index (χ2n) is 13.5. The van der Waals surface area contributed by atoms with Crippen molar-refractivity contribution in [3.05, 3.63) is 54.7 Å². The molecule has 0 bridgehead atoms. The average Bonchev–Trinajstić information content (AvgIpc) is 3.49. The van der Waals surface area contributed by atoms with Crippen LogP contribution in [-0.4, -0.2) is 45.1 Å². The number of rotatable bonds is 7. The third-order valence-electron chi connectivity index (χ3n) is 11.3. The average molecular weight is 634 g/mol. The Bertz CT molecular complexity index is 1550. The van der Waals surface area contributed by atoms with E-state index in [0.29, 0.717) is 35.5 Å². The Morgan fingerprint density at radius 3 is 2.74 bits per heavy atom. The maximum absolute atomic E-state index is 12.7. The first kappa shape index (κ1) is 30.9. The van der Waals surface area contributed by atoms with E-state index in [1.807, 2.05) is 0 Å². The highest BCUT2D eigenvalue weighted by Crippen LogP contribution is 2.64. The maximum Gasteiger partial charge on any atom is 0.330 e. The van der Waals surface area contributed by atoms with Crippen molar-refractivity contribution in [1.82, 2.24) is 9.55 Å². The van der Waals surface area contributed by atoms with E-state index in [9.17, 15) is 19.3 Å². The van der Waals surface area contributed by atoms with Gasteiger partial charge in [0, 0.05) is 34.9 Å². The topological polar surface area (TPSA) is 169 Å². The summed E-state index contributed by atoms with van der Waals surface area (Å²) in [5.74, 6) is 2.01. The van der Waals surface area contributed by atoms with Gasteiger partial charge >= 0.3 is 12.4 Å². The van der Waals surface area contributed by atoms with Gasteiger partial charge in [-0.25, -0.2) is 4.79 Å². The van der Waals surface area contributed by atoms with Gasteiger partial charge in [0.25, 0.3) is 5.56 Å². The SMILES string of the molecule is Cc1cn([C@H]2C[C@H](N=[N+]=[N-])[C@@H](COP(O)(=S)O[C@H]3CC[C@@]4(C)C(=CC[C@@H]5[C@@H]4CC[C@]4(C)C(=O)CC[C@@H]54)C3)O2)c(=O)[nH]c1=O. The van der Waals surface area contributed by atoms with E-state index in [1.54, 1.807) is 6.92 Å². The van der Waals surface area contributed by atoms with E-state index in [-0.39, 0.29) is 30.0 Å². The summed E-state index contributed by atoms with van der Waals surface area (Å²) in [6.45, 7) is 2.30. The number of Topliss-reactive ketones (excluding diaryl/α,β-unsaturated/α-hetero) is 1. The van der Waals surface area contributed by atoms with Gasteiger partial charge in [-0.2, -0.15) is 0 Å². The molecule has 1 saturated heterocycles. The Labute approximate surface area is 255 Å². The molecule has 1 aromatic heterocycles. The van der Waals surface area contributed by atoms with Crippen LogP contribution in [0.3, 0.4) is 0 Å². The van der Waals surface area contributed by atoms with E-state index in [0.717, 1.165) is 44.9 Å². The highest BCUT2D eigenvalue weighted by molar-refractivity contribution is 8.07. The van der Waals surface area contributed by atoms with Gasteiger partial charge in [0.05, 0.1) is 24.9 Å². The van der Waals surface area contributed by atoms with E-state index in [2.05, 4.69) is 34.9 Å². The zero-order valence-corrected chi connectivity index (χ0v) is 26.5. The van der Waals surface area contributed by atoms with Crippen LogP contribution in [0.5, 0.6) is 0 Å².